The van der Waals surface area contributed by atoms with Crippen LogP contribution in [0.15, 0.2) is 48.9 Å². The Hall–Kier alpha value is -4.02. The lowest BCUT2D eigenvalue weighted by atomic mass is 10.1. The highest BCUT2D eigenvalue weighted by molar-refractivity contribution is 6.00. The van der Waals surface area contributed by atoms with Gasteiger partial charge in [-0.15, -0.1) is 0 Å². The second kappa shape index (κ2) is 6.55. The molecule has 11 nitrogen and oxygen atoms in total. The van der Waals surface area contributed by atoms with E-state index in [1.165, 1.54) is 17.2 Å². The zero-order valence-electron chi connectivity index (χ0n) is 14.8. The molecule has 5 rings (SSSR count). The highest BCUT2D eigenvalue weighted by atomic mass is 16.5. The van der Waals surface area contributed by atoms with Gasteiger partial charge in [-0.25, -0.2) is 9.78 Å². The van der Waals surface area contributed by atoms with Crippen LogP contribution in [0.4, 0.5) is 0 Å². The molecule has 0 radical (unpaired) electrons. The maximum atomic E-state index is 12.3. The molecule has 1 aromatic carbocycles. The lowest BCUT2D eigenvalue weighted by Crippen LogP contribution is -2.43. The number of carbonyl (C=O) groups excluding carboxylic acids is 2. The molecule has 1 aliphatic rings. The molecule has 1 N–H and O–H groups in total. The predicted molar refractivity (Wildman–Crippen MR) is 94.5 cm³/mol. The Bertz CT molecular complexity index is 1280. The monoisotopic (exact) mass is 395 g/mol. The van der Waals surface area contributed by atoms with Gasteiger partial charge in [0.2, 0.25) is 23.5 Å². The van der Waals surface area contributed by atoms with Gasteiger partial charge in [0.1, 0.15) is 6.04 Å². The Morgan fingerprint density at radius 3 is 2.93 bits per heavy atom. The van der Waals surface area contributed by atoms with Crippen LogP contribution in [0, 0.1) is 0 Å². The minimum absolute atomic E-state index is 0.154. The van der Waals surface area contributed by atoms with Crippen molar-refractivity contribution in [1.29, 1.82) is 0 Å². The molecule has 4 heterocycles. The van der Waals surface area contributed by atoms with Gasteiger partial charge in [0.25, 0.3) is 0 Å². The number of rotatable bonds is 4. The van der Waals surface area contributed by atoms with E-state index in [2.05, 4.69) is 20.4 Å². The van der Waals surface area contributed by atoms with Gasteiger partial charge in [0.05, 0.1) is 18.1 Å². The first-order valence-corrected chi connectivity index (χ1v) is 8.77. The van der Waals surface area contributed by atoms with E-state index in [-0.39, 0.29) is 24.6 Å². The Morgan fingerprint density at radius 2 is 2.14 bits per heavy atom. The van der Waals surface area contributed by atoms with Gasteiger partial charge in [0.15, 0.2) is 17.7 Å². The summed E-state index contributed by atoms with van der Waals surface area (Å²) in [7, 11) is 0. The average molecular weight is 395 g/mol. The van der Waals surface area contributed by atoms with E-state index in [1.807, 2.05) is 0 Å². The van der Waals surface area contributed by atoms with Crippen LogP contribution < -0.4 is 11.1 Å². The minimum Gasteiger partial charge on any atom is -0.440 e. The van der Waals surface area contributed by atoms with Crippen molar-refractivity contribution in [2.75, 3.05) is 0 Å². The molecule has 2 amide bonds. The summed E-state index contributed by atoms with van der Waals surface area (Å²) >= 11 is 0. The lowest BCUT2D eigenvalue weighted by molar-refractivity contribution is -0.135. The van der Waals surface area contributed by atoms with E-state index in [0.717, 1.165) is 5.56 Å². The molecule has 146 valence electrons. The van der Waals surface area contributed by atoms with Gasteiger partial charge >= 0.3 is 5.76 Å². The summed E-state index contributed by atoms with van der Waals surface area (Å²) in [4.78, 5) is 44.0. The summed E-state index contributed by atoms with van der Waals surface area (Å²) in [5, 5.41) is 6.10. The summed E-state index contributed by atoms with van der Waals surface area (Å²) in [5.41, 5.74) is 1.57. The molecular formula is C18H13N5O6. The highest BCUT2D eigenvalue weighted by Gasteiger charge is 2.31. The van der Waals surface area contributed by atoms with Crippen LogP contribution in [-0.4, -0.2) is 31.5 Å². The van der Waals surface area contributed by atoms with E-state index >= 15 is 0 Å². The first-order chi connectivity index (χ1) is 14.1. The maximum Gasteiger partial charge on any atom is 0.420 e. The smallest absolute Gasteiger partial charge is 0.420 e. The molecule has 1 atom stereocenters. The quantitative estimate of drug-likeness (QED) is 0.503. The highest BCUT2D eigenvalue weighted by Crippen LogP contribution is 2.25. The van der Waals surface area contributed by atoms with Crippen molar-refractivity contribution in [2.24, 2.45) is 0 Å². The van der Waals surface area contributed by atoms with Crippen molar-refractivity contribution in [2.45, 2.75) is 25.3 Å². The van der Waals surface area contributed by atoms with Crippen LogP contribution in [0.2, 0.25) is 0 Å². The van der Waals surface area contributed by atoms with Crippen molar-refractivity contribution in [3.05, 3.63) is 52.8 Å². The standard InChI is InChI=1S/C18H13N5O6/c24-14-4-2-10(17(25)20-14)23-11-5-9(1-3-12(11)28-18(23)26)6-15-21-16(22-29-15)13-7-19-8-27-13/h1,3,5,7-8,10H,2,4,6H2,(H,20,24,25). The number of imide groups is 1. The molecule has 1 aliphatic heterocycles. The van der Waals surface area contributed by atoms with E-state index < -0.39 is 17.7 Å². The second-order valence-electron chi connectivity index (χ2n) is 6.56. The molecule has 3 aromatic heterocycles. The second-order valence-corrected chi connectivity index (χ2v) is 6.56. The van der Waals surface area contributed by atoms with Crippen molar-refractivity contribution in [1.82, 2.24) is 25.0 Å². The van der Waals surface area contributed by atoms with E-state index in [9.17, 15) is 14.4 Å². The number of carbonyl (C=O) groups is 2. The fourth-order valence-corrected chi connectivity index (χ4v) is 3.34. The van der Waals surface area contributed by atoms with Crippen molar-refractivity contribution in [3.8, 4) is 11.6 Å². The number of nitrogens with one attached hydrogen (secondary N) is 1. The van der Waals surface area contributed by atoms with Gasteiger partial charge in [-0.05, 0) is 24.1 Å². The number of nitrogens with zero attached hydrogens (tertiary/aromatic N) is 4. The number of piperidine rings is 1. The maximum absolute atomic E-state index is 12.3. The summed E-state index contributed by atoms with van der Waals surface area (Å²) < 4.78 is 16.9. The Labute approximate surface area is 161 Å². The van der Waals surface area contributed by atoms with E-state index in [4.69, 9.17) is 13.4 Å². The van der Waals surface area contributed by atoms with Crippen molar-refractivity contribution >= 4 is 22.9 Å². The summed E-state index contributed by atoms with van der Waals surface area (Å²) in [5.74, 6) is -0.526. The number of benzene rings is 1. The third kappa shape index (κ3) is 3.02. The normalized spacial score (nSPS) is 17.0. The Kier molecular flexibility index (Phi) is 3.86. The van der Waals surface area contributed by atoms with E-state index in [0.29, 0.717) is 29.2 Å². The number of fused-ring (bicyclic) bond motifs is 1. The summed E-state index contributed by atoms with van der Waals surface area (Å²) in [6.45, 7) is 0. The average Bonchev–Trinajstić information content (AvgIpc) is 3.42. The van der Waals surface area contributed by atoms with Crippen LogP contribution in [0.3, 0.4) is 0 Å². The number of aromatic nitrogens is 4. The zero-order valence-corrected chi connectivity index (χ0v) is 14.8. The van der Waals surface area contributed by atoms with Gasteiger partial charge in [-0.3, -0.25) is 19.5 Å². The van der Waals surface area contributed by atoms with Crippen molar-refractivity contribution < 1.29 is 22.9 Å². The zero-order chi connectivity index (χ0) is 20.0. The van der Waals surface area contributed by atoms with Gasteiger partial charge < -0.3 is 13.4 Å². The van der Waals surface area contributed by atoms with Gasteiger partial charge in [-0.1, -0.05) is 11.2 Å². The molecule has 1 saturated heterocycles. The fourth-order valence-electron chi connectivity index (χ4n) is 3.34. The lowest BCUT2D eigenvalue weighted by Gasteiger charge is -2.21. The summed E-state index contributed by atoms with van der Waals surface area (Å²) in [6, 6.07) is 4.32. The molecule has 11 heteroatoms. The Morgan fingerprint density at radius 1 is 1.24 bits per heavy atom. The van der Waals surface area contributed by atoms with Crippen LogP contribution in [0.5, 0.6) is 0 Å². The minimum atomic E-state index is -0.807. The van der Waals surface area contributed by atoms with Crippen LogP contribution >= 0.6 is 0 Å². The molecular weight excluding hydrogens is 382 g/mol. The fraction of sp³-hybridized carbons (Fsp3) is 0.222. The van der Waals surface area contributed by atoms with Crippen molar-refractivity contribution in [3.63, 3.8) is 0 Å². The third-order valence-electron chi connectivity index (χ3n) is 4.67. The van der Waals surface area contributed by atoms with E-state index in [1.54, 1.807) is 18.2 Å². The first kappa shape index (κ1) is 17.1. The molecule has 0 aliphatic carbocycles. The molecule has 1 fully saturated rings. The topological polar surface area (TPSA) is 146 Å². The number of hydrogen-bond acceptors (Lipinski definition) is 9. The molecule has 29 heavy (non-hydrogen) atoms. The van der Waals surface area contributed by atoms with Gasteiger partial charge in [0, 0.05) is 6.42 Å². The number of oxazole rings is 2. The molecule has 0 bridgehead atoms. The van der Waals surface area contributed by atoms with Crippen LogP contribution in [0.1, 0.15) is 30.3 Å². The Balaban J connectivity index is 1.48. The molecule has 0 spiro atoms. The number of amides is 2. The molecule has 4 aromatic rings. The van der Waals surface area contributed by atoms with Crippen LogP contribution in [-0.2, 0) is 16.0 Å². The number of hydrogen-bond donors (Lipinski definition) is 1. The van der Waals surface area contributed by atoms with Crippen LogP contribution in [0.25, 0.3) is 22.7 Å². The predicted octanol–water partition coefficient (Wildman–Crippen LogP) is 1.20. The first-order valence-electron chi connectivity index (χ1n) is 8.77. The summed E-state index contributed by atoms with van der Waals surface area (Å²) in [6.07, 6.45) is 3.43. The molecule has 0 saturated carbocycles. The third-order valence-corrected chi connectivity index (χ3v) is 4.67. The largest absolute Gasteiger partial charge is 0.440 e. The molecule has 1 unspecified atom stereocenters. The van der Waals surface area contributed by atoms with Gasteiger partial charge in [-0.2, -0.15) is 4.98 Å². The SMILES string of the molecule is O=C1CCC(n2c(=O)oc3ccc(Cc4nc(-c5cnco5)no4)cc32)C(=O)N1.